The number of carboxylic acids is 1. The Morgan fingerprint density at radius 2 is 1.50 bits per heavy atom. The van der Waals surface area contributed by atoms with Gasteiger partial charge in [0.15, 0.2) is 5.78 Å². The van der Waals surface area contributed by atoms with E-state index in [1.54, 1.807) is 31.2 Å². The summed E-state index contributed by atoms with van der Waals surface area (Å²) in [6.07, 6.45) is 0.528. The van der Waals surface area contributed by atoms with Crippen molar-refractivity contribution in [2.75, 3.05) is 6.54 Å². The molecule has 3 aromatic carbocycles. The minimum Gasteiger partial charge on any atom is -0.480 e. The topological polar surface area (TPSA) is 116 Å². The van der Waals surface area contributed by atoms with Gasteiger partial charge in [-0.15, -0.1) is 0 Å². The molecule has 3 aromatic rings. The minimum atomic E-state index is -1.07. The first-order valence-corrected chi connectivity index (χ1v) is 12.6. The van der Waals surface area contributed by atoms with E-state index in [1.807, 2.05) is 60.7 Å². The van der Waals surface area contributed by atoms with Gasteiger partial charge in [-0.05, 0) is 42.2 Å². The van der Waals surface area contributed by atoms with Crippen molar-refractivity contribution in [1.82, 2.24) is 15.5 Å². The second kappa shape index (κ2) is 12.3. The number of aliphatic carboxylic acids is 1. The Balaban J connectivity index is 1.43. The number of nitrogens with one attached hydrogen (secondary N) is 2. The molecule has 8 heteroatoms. The van der Waals surface area contributed by atoms with Crippen molar-refractivity contribution in [2.24, 2.45) is 0 Å². The first kappa shape index (κ1) is 26.8. The van der Waals surface area contributed by atoms with Crippen molar-refractivity contribution in [3.8, 4) is 0 Å². The van der Waals surface area contributed by atoms with Gasteiger partial charge in [-0.25, -0.2) is 4.79 Å². The van der Waals surface area contributed by atoms with Crippen LogP contribution < -0.4 is 10.6 Å². The molecule has 1 aliphatic heterocycles. The lowest BCUT2D eigenvalue weighted by atomic mass is 9.93. The highest BCUT2D eigenvalue weighted by Crippen LogP contribution is 2.24. The number of ketones is 1. The van der Waals surface area contributed by atoms with E-state index < -0.39 is 30.0 Å². The molecular weight excluding hydrogens is 482 g/mol. The minimum absolute atomic E-state index is 0.165. The molecule has 0 fully saturated rings. The number of benzene rings is 3. The average molecular weight is 514 g/mol. The third-order valence-corrected chi connectivity index (χ3v) is 6.78. The van der Waals surface area contributed by atoms with Crippen LogP contribution in [0.2, 0.25) is 0 Å². The number of rotatable bonds is 10. The summed E-state index contributed by atoms with van der Waals surface area (Å²) in [6.45, 7) is 1.64. The van der Waals surface area contributed by atoms with Crippen LogP contribution in [0.3, 0.4) is 0 Å². The summed E-state index contributed by atoms with van der Waals surface area (Å²) < 4.78 is 0. The van der Waals surface area contributed by atoms with E-state index in [1.165, 1.54) is 4.90 Å². The molecule has 3 atom stereocenters. The molecule has 0 unspecified atom stereocenters. The Labute approximate surface area is 221 Å². The van der Waals surface area contributed by atoms with Gasteiger partial charge in [-0.2, -0.15) is 0 Å². The van der Waals surface area contributed by atoms with E-state index in [9.17, 15) is 24.3 Å². The smallest absolute Gasteiger partial charge is 0.326 e. The van der Waals surface area contributed by atoms with Crippen molar-refractivity contribution < 1.29 is 24.3 Å². The predicted octanol–water partition coefficient (Wildman–Crippen LogP) is 2.61. The van der Waals surface area contributed by atoms with Gasteiger partial charge in [0.25, 0.3) is 5.91 Å². The number of carbonyl (C=O) groups excluding carboxylic acids is 3. The third-order valence-electron chi connectivity index (χ3n) is 6.78. The van der Waals surface area contributed by atoms with E-state index in [4.69, 9.17) is 0 Å². The van der Waals surface area contributed by atoms with Gasteiger partial charge in [0.05, 0.1) is 18.6 Å². The van der Waals surface area contributed by atoms with Crippen LogP contribution in [0.25, 0.3) is 0 Å². The molecule has 0 saturated carbocycles. The van der Waals surface area contributed by atoms with Gasteiger partial charge >= 0.3 is 5.97 Å². The van der Waals surface area contributed by atoms with Crippen molar-refractivity contribution in [2.45, 2.75) is 44.4 Å². The molecule has 1 aliphatic rings. The maximum Gasteiger partial charge on any atom is 0.326 e. The number of carbonyl (C=O) groups is 4. The zero-order valence-electron chi connectivity index (χ0n) is 21.2. The van der Waals surface area contributed by atoms with E-state index in [-0.39, 0.29) is 31.2 Å². The second-order valence-electron chi connectivity index (χ2n) is 9.44. The highest BCUT2D eigenvalue weighted by Gasteiger charge is 2.36. The van der Waals surface area contributed by atoms with Crippen LogP contribution in [-0.2, 0) is 33.8 Å². The van der Waals surface area contributed by atoms with Crippen LogP contribution in [-0.4, -0.2) is 58.2 Å². The molecule has 0 aromatic heterocycles. The predicted molar refractivity (Wildman–Crippen MR) is 142 cm³/mol. The van der Waals surface area contributed by atoms with Gasteiger partial charge in [0.2, 0.25) is 5.91 Å². The number of fused-ring (bicyclic) bond motifs is 1. The van der Waals surface area contributed by atoms with Gasteiger partial charge < -0.3 is 15.3 Å². The van der Waals surface area contributed by atoms with E-state index in [0.717, 1.165) is 16.7 Å². The maximum absolute atomic E-state index is 13.3. The Morgan fingerprint density at radius 1 is 0.895 bits per heavy atom. The molecule has 0 saturated heterocycles. The zero-order valence-corrected chi connectivity index (χ0v) is 21.2. The number of Topliss-reactive ketones (excluding diaryl/α,β-unsaturated/α-hetero) is 1. The van der Waals surface area contributed by atoms with E-state index in [2.05, 4.69) is 10.6 Å². The molecule has 8 nitrogen and oxygen atoms in total. The molecule has 0 bridgehead atoms. The summed E-state index contributed by atoms with van der Waals surface area (Å²) in [5.41, 5.74) is 3.16. The summed E-state index contributed by atoms with van der Waals surface area (Å²) in [5, 5.41) is 15.6. The molecule has 0 aliphatic carbocycles. The van der Waals surface area contributed by atoms with Crippen molar-refractivity contribution >= 4 is 23.6 Å². The fourth-order valence-electron chi connectivity index (χ4n) is 4.61. The summed E-state index contributed by atoms with van der Waals surface area (Å²) in [7, 11) is 0. The number of nitrogens with zero attached hydrogens (tertiary/aromatic N) is 1. The van der Waals surface area contributed by atoms with Crippen molar-refractivity contribution in [1.29, 1.82) is 0 Å². The fraction of sp³-hybridized carbons (Fsp3) is 0.267. The second-order valence-corrected chi connectivity index (χ2v) is 9.44. The molecular formula is C30H31N3O5. The van der Waals surface area contributed by atoms with Crippen molar-refractivity contribution in [3.63, 3.8) is 0 Å². The highest BCUT2D eigenvalue weighted by molar-refractivity contribution is 5.98. The molecule has 2 amide bonds. The van der Waals surface area contributed by atoms with Crippen LogP contribution in [0.15, 0.2) is 84.9 Å². The van der Waals surface area contributed by atoms with Crippen LogP contribution in [0.4, 0.5) is 0 Å². The monoisotopic (exact) mass is 513 g/mol. The number of hydrogen-bond acceptors (Lipinski definition) is 5. The summed E-state index contributed by atoms with van der Waals surface area (Å²) in [4.78, 5) is 52.6. The van der Waals surface area contributed by atoms with Crippen molar-refractivity contribution in [3.05, 3.63) is 107 Å². The molecule has 4 rings (SSSR count). The summed E-state index contributed by atoms with van der Waals surface area (Å²) in [6, 6.07) is 22.9. The molecule has 38 heavy (non-hydrogen) atoms. The van der Waals surface area contributed by atoms with Gasteiger partial charge in [-0.1, -0.05) is 72.8 Å². The average Bonchev–Trinajstić information content (AvgIpc) is 2.95. The molecule has 196 valence electrons. The summed E-state index contributed by atoms with van der Waals surface area (Å²) >= 11 is 0. The normalized spacial score (nSPS) is 16.1. The first-order valence-electron chi connectivity index (χ1n) is 12.6. The number of hydrogen-bond donors (Lipinski definition) is 3. The lowest BCUT2D eigenvalue weighted by Gasteiger charge is -2.36. The van der Waals surface area contributed by atoms with Crippen LogP contribution in [0.1, 0.15) is 34.0 Å². The Bertz CT molecular complexity index is 1300. The Morgan fingerprint density at radius 3 is 2.16 bits per heavy atom. The largest absolute Gasteiger partial charge is 0.480 e. The lowest BCUT2D eigenvalue weighted by Crippen LogP contribution is -2.55. The number of carboxylic acid groups (broad SMARTS) is 1. The van der Waals surface area contributed by atoms with E-state index in [0.29, 0.717) is 12.0 Å². The number of amides is 2. The molecule has 0 spiro atoms. The van der Waals surface area contributed by atoms with Gasteiger partial charge in [0, 0.05) is 18.5 Å². The van der Waals surface area contributed by atoms with E-state index >= 15 is 0 Å². The SMILES string of the molecule is C[C@H](NCC(=O)[C@H](Cc1ccccc1)NC(=O)c1ccccc1)C(=O)N1Cc2ccccc2C[C@H]1C(=O)O. The lowest BCUT2D eigenvalue weighted by molar-refractivity contribution is -0.152. The molecule has 0 radical (unpaired) electrons. The van der Waals surface area contributed by atoms with Gasteiger partial charge in [0.1, 0.15) is 6.04 Å². The highest BCUT2D eigenvalue weighted by atomic mass is 16.4. The Hall–Kier alpha value is -4.30. The fourth-order valence-corrected chi connectivity index (χ4v) is 4.61. The summed E-state index contributed by atoms with van der Waals surface area (Å²) in [5.74, 6) is -2.10. The van der Waals surface area contributed by atoms with Gasteiger partial charge in [-0.3, -0.25) is 19.7 Å². The van der Waals surface area contributed by atoms with Crippen LogP contribution in [0, 0.1) is 0 Å². The standard InChI is InChI=1S/C30H31N3O5/c1-20(29(36)33-19-24-15-9-8-14-23(24)17-26(33)30(37)38)31-18-27(34)25(16-21-10-4-2-5-11-21)32-28(35)22-12-6-3-7-13-22/h2-15,20,25-26,31H,16-19H2,1H3,(H,32,35)(H,37,38)/t20-,25-,26-/m0/s1. The Kier molecular flexibility index (Phi) is 8.66. The molecule has 3 N–H and O–H groups in total. The molecule has 1 heterocycles. The van der Waals surface area contributed by atoms with Crippen LogP contribution >= 0.6 is 0 Å². The third kappa shape index (κ3) is 6.52. The van der Waals surface area contributed by atoms with Crippen LogP contribution in [0.5, 0.6) is 0 Å². The first-order chi connectivity index (χ1) is 18.3. The maximum atomic E-state index is 13.3. The zero-order chi connectivity index (χ0) is 27.1. The quantitative estimate of drug-likeness (QED) is 0.384.